The zero-order valence-electron chi connectivity index (χ0n) is 9.43. The van der Waals surface area contributed by atoms with E-state index in [2.05, 4.69) is 10.6 Å². The molecule has 0 saturated heterocycles. The third-order valence-electron chi connectivity index (χ3n) is 2.09. The minimum absolute atomic E-state index is 0. The summed E-state index contributed by atoms with van der Waals surface area (Å²) in [6, 6.07) is 5.23. The summed E-state index contributed by atoms with van der Waals surface area (Å²) in [4.78, 5) is 11.3. The van der Waals surface area contributed by atoms with Crippen molar-refractivity contribution in [1.29, 1.82) is 0 Å². The van der Waals surface area contributed by atoms with Crippen LogP contribution >= 0.6 is 35.6 Å². The Morgan fingerprint density at radius 2 is 2.06 bits per heavy atom. The number of nitrogens with one attached hydrogen (secondary N) is 2. The third-order valence-corrected chi connectivity index (χ3v) is 2.68. The largest absolute Gasteiger partial charge is 0.352 e. The van der Waals surface area contributed by atoms with Gasteiger partial charge in [-0.15, -0.1) is 12.4 Å². The predicted molar refractivity (Wildman–Crippen MR) is 74.1 cm³/mol. The summed E-state index contributed by atoms with van der Waals surface area (Å²) in [6.45, 7) is 1.10. The number of rotatable bonds is 5. The first-order valence-corrected chi connectivity index (χ1v) is 5.74. The van der Waals surface area contributed by atoms with Gasteiger partial charge in [-0.05, 0) is 24.7 Å². The van der Waals surface area contributed by atoms with Crippen molar-refractivity contribution in [2.75, 3.05) is 13.6 Å². The molecule has 6 heteroatoms. The molecule has 0 aliphatic heterocycles. The van der Waals surface area contributed by atoms with Gasteiger partial charge in [0.05, 0.1) is 0 Å². The molecule has 1 aromatic rings. The number of hydrogen-bond donors (Lipinski definition) is 2. The van der Waals surface area contributed by atoms with Gasteiger partial charge in [-0.2, -0.15) is 0 Å². The average Bonchev–Trinajstić information content (AvgIpc) is 2.25. The molecule has 1 amide bonds. The fraction of sp³-hybridized carbons (Fsp3) is 0.364. The van der Waals surface area contributed by atoms with E-state index < -0.39 is 0 Å². The molecule has 2 N–H and O–H groups in total. The van der Waals surface area contributed by atoms with Crippen LogP contribution in [0.5, 0.6) is 0 Å². The standard InChI is InChI=1S/C11H14Cl2N2O.ClH/c1-14-5-4-11(16)15-7-8-2-3-9(12)6-10(8)13;/h2-3,6,14H,4-5,7H2,1H3,(H,15,16);1H. The molecule has 0 unspecified atom stereocenters. The monoisotopic (exact) mass is 296 g/mol. The molecule has 0 aliphatic rings. The molecule has 0 aromatic heterocycles. The van der Waals surface area contributed by atoms with Crippen LogP contribution in [-0.2, 0) is 11.3 Å². The summed E-state index contributed by atoms with van der Waals surface area (Å²) in [7, 11) is 1.81. The molecule has 0 spiro atoms. The van der Waals surface area contributed by atoms with Gasteiger partial charge in [0.15, 0.2) is 0 Å². The molecule has 0 aliphatic carbocycles. The molecule has 1 rings (SSSR count). The lowest BCUT2D eigenvalue weighted by Gasteiger charge is -2.07. The van der Waals surface area contributed by atoms with Crippen molar-refractivity contribution in [2.45, 2.75) is 13.0 Å². The Hall–Kier alpha value is -0.480. The van der Waals surface area contributed by atoms with E-state index in [4.69, 9.17) is 23.2 Å². The Balaban J connectivity index is 0.00000256. The van der Waals surface area contributed by atoms with E-state index in [1.807, 2.05) is 13.1 Å². The van der Waals surface area contributed by atoms with Crippen molar-refractivity contribution in [2.24, 2.45) is 0 Å². The summed E-state index contributed by atoms with van der Waals surface area (Å²) >= 11 is 11.7. The molecule has 0 radical (unpaired) electrons. The molecule has 3 nitrogen and oxygen atoms in total. The van der Waals surface area contributed by atoms with Gasteiger partial charge in [0.2, 0.25) is 5.91 Å². The lowest BCUT2D eigenvalue weighted by molar-refractivity contribution is -0.121. The summed E-state index contributed by atoms with van der Waals surface area (Å²) < 4.78 is 0. The molecule has 0 fully saturated rings. The summed E-state index contributed by atoms with van der Waals surface area (Å²) in [5.74, 6) is 0.000340. The van der Waals surface area contributed by atoms with Crippen molar-refractivity contribution in [3.8, 4) is 0 Å². The predicted octanol–water partition coefficient (Wildman–Crippen LogP) is 2.64. The Kier molecular flexibility index (Phi) is 8.35. The first-order chi connectivity index (χ1) is 7.63. The van der Waals surface area contributed by atoms with Gasteiger partial charge in [-0.1, -0.05) is 29.3 Å². The Morgan fingerprint density at radius 3 is 2.65 bits per heavy atom. The van der Waals surface area contributed by atoms with E-state index in [0.29, 0.717) is 29.6 Å². The number of halogens is 3. The maximum absolute atomic E-state index is 11.3. The number of amides is 1. The van der Waals surface area contributed by atoms with Crippen molar-refractivity contribution in [3.05, 3.63) is 33.8 Å². The van der Waals surface area contributed by atoms with Gasteiger partial charge >= 0.3 is 0 Å². The highest BCUT2D eigenvalue weighted by Crippen LogP contribution is 2.20. The minimum Gasteiger partial charge on any atom is -0.352 e. The van der Waals surface area contributed by atoms with E-state index in [1.165, 1.54) is 0 Å². The zero-order valence-corrected chi connectivity index (χ0v) is 11.8. The lowest BCUT2D eigenvalue weighted by Crippen LogP contribution is -2.26. The summed E-state index contributed by atoms with van der Waals surface area (Å²) in [6.07, 6.45) is 0.460. The van der Waals surface area contributed by atoms with E-state index in [1.54, 1.807) is 12.1 Å². The van der Waals surface area contributed by atoms with Crippen LogP contribution in [0.3, 0.4) is 0 Å². The van der Waals surface area contributed by atoms with Crippen LogP contribution in [-0.4, -0.2) is 19.5 Å². The molecular weight excluding hydrogens is 282 g/mol. The van der Waals surface area contributed by atoms with Crippen LogP contribution in [0.25, 0.3) is 0 Å². The third kappa shape index (κ3) is 6.13. The molecule has 17 heavy (non-hydrogen) atoms. The topological polar surface area (TPSA) is 41.1 Å². The first kappa shape index (κ1) is 16.5. The van der Waals surface area contributed by atoms with Gasteiger partial charge in [0.1, 0.15) is 0 Å². The van der Waals surface area contributed by atoms with Gasteiger partial charge < -0.3 is 10.6 Å². The van der Waals surface area contributed by atoms with Crippen LogP contribution in [0, 0.1) is 0 Å². The van der Waals surface area contributed by atoms with Gasteiger partial charge in [-0.25, -0.2) is 0 Å². The van der Waals surface area contributed by atoms with Crippen LogP contribution < -0.4 is 10.6 Å². The van der Waals surface area contributed by atoms with Gasteiger partial charge in [0, 0.05) is 29.6 Å². The van der Waals surface area contributed by atoms with Crippen molar-refractivity contribution >= 4 is 41.5 Å². The number of hydrogen-bond acceptors (Lipinski definition) is 2. The molecule has 0 bridgehead atoms. The van der Waals surface area contributed by atoms with Gasteiger partial charge in [0.25, 0.3) is 0 Å². The summed E-state index contributed by atoms with van der Waals surface area (Å²) in [5, 5.41) is 6.86. The minimum atomic E-state index is 0. The highest BCUT2D eigenvalue weighted by atomic mass is 35.5. The van der Waals surface area contributed by atoms with Gasteiger partial charge in [-0.3, -0.25) is 4.79 Å². The van der Waals surface area contributed by atoms with E-state index in [-0.39, 0.29) is 18.3 Å². The highest BCUT2D eigenvalue weighted by Gasteiger charge is 2.03. The second-order valence-corrected chi connectivity index (χ2v) is 4.21. The molecule has 0 atom stereocenters. The fourth-order valence-corrected chi connectivity index (χ4v) is 1.66. The molecule has 0 saturated carbocycles. The maximum atomic E-state index is 11.3. The van der Waals surface area contributed by atoms with Crippen LogP contribution in [0.4, 0.5) is 0 Å². The molecule has 96 valence electrons. The van der Waals surface area contributed by atoms with Crippen LogP contribution in [0.2, 0.25) is 10.0 Å². The summed E-state index contributed by atoms with van der Waals surface area (Å²) in [5.41, 5.74) is 0.865. The quantitative estimate of drug-likeness (QED) is 0.877. The normalized spacial score (nSPS) is 9.59. The lowest BCUT2D eigenvalue weighted by atomic mass is 10.2. The van der Waals surface area contributed by atoms with E-state index >= 15 is 0 Å². The highest BCUT2D eigenvalue weighted by molar-refractivity contribution is 6.35. The smallest absolute Gasteiger partial charge is 0.221 e. The Morgan fingerprint density at radius 1 is 1.35 bits per heavy atom. The second-order valence-electron chi connectivity index (χ2n) is 3.37. The molecule has 1 aromatic carbocycles. The van der Waals surface area contributed by atoms with Crippen molar-refractivity contribution < 1.29 is 4.79 Å². The fourth-order valence-electron chi connectivity index (χ4n) is 1.19. The Bertz CT molecular complexity index is 372. The maximum Gasteiger partial charge on any atom is 0.221 e. The molecule has 0 heterocycles. The first-order valence-electron chi connectivity index (χ1n) is 4.98. The average molecular weight is 298 g/mol. The SMILES string of the molecule is CNCCC(=O)NCc1ccc(Cl)cc1Cl.Cl. The zero-order chi connectivity index (χ0) is 12.0. The van der Waals surface area contributed by atoms with Crippen molar-refractivity contribution in [1.82, 2.24) is 10.6 Å². The number of carbonyl (C=O) groups is 1. The van der Waals surface area contributed by atoms with E-state index in [0.717, 1.165) is 5.56 Å². The number of carbonyl (C=O) groups excluding carboxylic acids is 1. The van der Waals surface area contributed by atoms with Crippen LogP contribution in [0.15, 0.2) is 18.2 Å². The number of benzene rings is 1. The molecular formula is C11H15Cl3N2O. The Labute approximate surface area is 117 Å². The van der Waals surface area contributed by atoms with E-state index in [9.17, 15) is 4.79 Å². The second kappa shape index (κ2) is 8.59. The van der Waals surface area contributed by atoms with Crippen LogP contribution in [0.1, 0.15) is 12.0 Å². The van der Waals surface area contributed by atoms with Crippen molar-refractivity contribution in [3.63, 3.8) is 0 Å².